The van der Waals surface area contributed by atoms with Gasteiger partial charge in [0.2, 0.25) is 5.91 Å². The van der Waals surface area contributed by atoms with Gasteiger partial charge in [0.1, 0.15) is 6.61 Å². The van der Waals surface area contributed by atoms with E-state index in [0.717, 1.165) is 5.56 Å². The van der Waals surface area contributed by atoms with Crippen molar-refractivity contribution in [3.8, 4) is 0 Å². The van der Waals surface area contributed by atoms with Crippen LogP contribution in [0.25, 0.3) is 0 Å². The molecular formula is C13H18N2O3. The van der Waals surface area contributed by atoms with Gasteiger partial charge in [0.15, 0.2) is 0 Å². The number of nitrogens with two attached hydrogens (primary N) is 1. The lowest BCUT2D eigenvalue weighted by Crippen LogP contribution is -2.24. The third-order valence-electron chi connectivity index (χ3n) is 2.29. The number of carbonyl (C=O) groups excluding carboxylic acids is 2. The number of anilines is 1. The molecule has 0 unspecified atom stereocenters. The van der Waals surface area contributed by atoms with E-state index in [-0.39, 0.29) is 31.3 Å². The maximum atomic E-state index is 11.5. The van der Waals surface area contributed by atoms with Gasteiger partial charge >= 0.3 is 5.97 Å². The largest absolute Gasteiger partial charge is 0.465 e. The molecule has 1 rings (SSSR count). The Hall–Kier alpha value is -2.04. The molecule has 0 fully saturated rings. The fraction of sp³-hybridized carbons (Fsp3) is 0.385. The summed E-state index contributed by atoms with van der Waals surface area (Å²) in [5.41, 5.74) is 7.03. The molecule has 1 aromatic rings. The lowest BCUT2D eigenvalue weighted by molar-refractivity contribution is -0.143. The monoisotopic (exact) mass is 250 g/mol. The molecule has 18 heavy (non-hydrogen) atoms. The number of hydrogen-bond donors (Lipinski definition) is 2. The molecule has 5 nitrogen and oxygen atoms in total. The standard InChI is InChI=1S/C13H18N2O3/c1-2-15-12(16)7-8-18-13(17)9-10-3-5-11(14)6-4-10/h3-6H,2,7-9,14H2,1H3,(H,15,16). The van der Waals surface area contributed by atoms with Crippen molar-refractivity contribution >= 4 is 17.6 Å². The van der Waals surface area contributed by atoms with Crippen molar-refractivity contribution in [2.45, 2.75) is 19.8 Å². The molecule has 5 heteroatoms. The van der Waals surface area contributed by atoms with E-state index in [9.17, 15) is 9.59 Å². The van der Waals surface area contributed by atoms with Gasteiger partial charge in [-0.25, -0.2) is 0 Å². The Morgan fingerprint density at radius 2 is 1.94 bits per heavy atom. The summed E-state index contributed by atoms with van der Waals surface area (Å²) >= 11 is 0. The van der Waals surface area contributed by atoms with Crippen LogP contribution in [0.4, 0.5) is 5.69 Å². The highest BCUT2D eigenvalue weighted by atomic mass is 16.5. The topological polar surface area (TPSA) is 81.4 Å². The molecule has 0 aromatic heterocycles. The van der Waals surface area contributed by atoms with Crippen molar-refractivity contribution in [1.82, 2.24) is 5.32 Å². The van der Waals surface area contributed by atoms with Gasteiger partial charge in [-0.3, -0.25) is 9.59 Å². The number of benzene rings is 1. The number of ether oxygens (including phenoxy) is 1. The Kier molecular flexibility index (Phi) is 5.70. The maximum absolute atomic E-state index is 11.5. The van der Waals surface area contributed by atoms with Crippen LogP contribution in [0.5, 0.6) is 0 Å². The molecule has 0 saturated carbocycles. The molecule has 0 bridgehead atoms. The molecule has 0 radical (unpaired) electrons. The molecule has 0 aliphatic heterocycles. The van der Waals surface area contributed by atoms with Crippen molar-refractivity contribution in [1.29, 1.82) is 0 Å². The number of amides is 1. The smallest absolute Gasteiger partial charge is 0.310 e. The van der Waals surface area contributed by atoms with E-state index >= 15 is 0 Å². The third kappa shape index (κ3) is 5.34. The average molecular weight is 250 g/mol. The Morgan fingerprint density at radius 1 is 1.28 bits per heavy atom. The Balaban J connectivity index is 2.25. The zero-order valence-electron chi connectivity index (χ0n) is 10.4. The van der Waals surface area contributed by atoms with Crippen LogP contribution < -0.4 is 11.1 Å². The predicted molar refractivity (Wildman–Crippen MR) is 68.8 cm³/mol. The summed E-state index contributed by atoms with van der Waals surface area (Å²) in [5.74, 6) is -0.457. The summed E-state index contributed by atoms with van der Waals surface area (Å²) in [6.45, 7) is 2.53. The maximum Gasteiger partial charge on any atom is 0.310 e. The molecule has 0 aliphatic rings. The third-order valence-corrected chi connectivity index (χ3v) is 2.29. The minimum Gasteiger partial charge on any atom is -0.465 e. The highest BCUT2D eigenvalue weighted by Crippen LogP contribution is 2.06. The number of nitrogens with one attached hydrogen (secondary N) is 1. The van der Waals surface area contributed by atoms with E-state index in [1.54, 1.807) is 24.3 Å². The average Bonchev–Trinajstić information content (AvgIpc) is 2.32. The summed E-state index contributed by atoms with van der Waals surface area (Å²) < 4.78 is 4.96. The predicted octanol–water partition coefficient (Wildman–Crippen LogP) is 0.881. The van der Waals surface area contributed by atoms with Crippen LogP contribution in [0.1, 0.15) is 18.9 Å². The first-order valence-electron chi connectivity index (χ1n) is 5.88. The molecule has 0 heterocycles. The minimum absolute atomic E-state index is 0.111. The zero-order valence-corrected chi connectivity index (χ0v) is 10.4. The lowest BCUT2D eigenvalue weighted by Gasteiger charge is -2.05. The van der Waals surface area contributed by atoms with Crippen LogP contribution >= 0.6 is 0 Å². The van der Waals surface area contributed by atoms with Gasteiger partial charge in [0.05, 0.1) is 12.8 Å². The molecule has 1 aromatic carbocycles. The first-order valence-corrected chi connectivity index (χ1v) is 5.88. The molecule has 0 spiro atoms. The SMILES string of the molecule is CCNC(=O)CCOC(=O)Cc1ccc(N)cc1. The van der Waals surface area contributed by atoms with Crippen LogP contribution in [0.2, 0.25) is 0 Å². The molecule has 0 saturated heterocycles. The van der Waals surface area contributed by atoms with E-state index < -0.39 is 0 Å². The number of rotatable bonds is 6. The Bertz CT molecular complexity index is 401. The zero-order chi connectivity index (χ0) is 13.4. The lowest BCUT2D eigenvalue weighted by atomic mass is 10.1. The fourth-order valence-electron chi connectivity index (χ4n) is 1.40. The van der Waals surface area contributed by atoms with Crippen LogP contribution in [0.15, 0.2) is 24.3 Å². The van der Waals surface area contributed by atoms with Crippen LogP contribution in [-0.4, -0.2) is 25.0 Å². The first-order chi connectivity index (χ1) is 8.61. The van der Waals surface area contributed by atoms with Crippen molar-refractivity contribution in [3.05, 3.63) is 29.8 Å². The minimum atomic E-state index is -0.343. The summed E-state index contributed by atoms with van der Waals surface area (Å²) in [4.78, 5) is 22.6. The van der Waals surface area contributed by atoms with Crippen molar-refractivity contribution < 1.29 is 14.3 Å². The summed E-state index contributed by atoms with van der Waals surface area (Å²) in [6, 6.07) is 7.02. The van der Waals surface area contributed by atoms with E-state index in [4.69, 9.17) is 10.5 Å². The number of carbonyl (C=O) groups is 2. The quantitative estimate of drug-likeness (QED) is 0.580. The Labute approximate surface area is 106 Å². The van der Waals surface area contributed by atoms with Crippen molar-refractivity contribution in [2.75, 3.05) is 18.9 Å². The molecular weight excluding hydrogens is 232 g/mol. The molecule has 0 aliphatic carbocycles. The second-order valence-corrected chi connectivity index (χ2v) is 3.84. The summed E-state index contributed by atoms with van der Waals surface area (Å²) in [6.07, 6.45) is 0.386. The van der Waals surface area contributed by atoms with Crippen molar-refractivity contribution in [2.24, 2.45) is 0 Å². The highest BCUT2D eigenvalue weighted by molar-refractivity contribution is 5.77. The molecule has 1 amide bonds. The van der Waals surface area contributed by atoms with Gasteiger partial charge in [-0.05, 0) is 24.6 Å². The van der Waals surface area contributed by atoms with Gasteiger partial charge in [0, 0.05) is 12.2 Å². The molecule has 0 atom stereocenters. The van der Waals surface area contributed by atoms with Gasteiger partial charge in [-0.2, -0.15) is 0 Å². The van der Waals surface area contributed by atoms with Gasteiger partial charge in [0.25, 0.3) is 0 Å². The van der Waals surface area contributed by atoms with E-state index in [1.807, 2.05) is 6.92 Å². The summed E-state index contributed by atoms with van der Waals surface area (Å²) in [7, 11) is 0. The van der Waals surface area contributed by atoms with E-state index in [1.165, 1.54) is 0 Å². The Morgan fingerprint density at radius 3 is 2.56 bits per heavy atom. The van der Waals surface area contributed by atoms with E-state index in [0.29, 0.717) is 12.2 Å². The number of hydrogen-bond acceptors (Lipinski definition) is 4. The summed E-state index contributed by atoms with van der Waals surface area (Å²) in [5, 5.41) is 2.63. The van der Waals surface area contributed by atoms with Crippen LogP contribution in [0.3, 0.4) is 0 Å². The van der Waals surface area contributed by atoms with Crippen LogP contribution in [0, 0.1) is 0 Å². The highest BCUT2D eigenvalue weighted by Gasteiger charge is 2.06. The molecule has 3 N–H and O–H groups in total. The molecule has 98 valence electrons. The van der Waals surface area contributed by atoms with Gasteiger partial charge < -0.3 is 15.8 Å². The van der Waals surface area contributed by atoms with Crippen molar-refractivity contribution in [3.63, 3.8) is 0 Å². The fourth-order valence-corrected chi connectivity index (χ4v) is 1.40. The van der Waals surface area contributed by atoms with Crippen LogP contribution in [-0.2, 0) is 20.7 Å². The number of esters is 1. The second-order valence-electron chi connectivity index (χ2n) is 3.84. The van der Waals surface area contributed by atoms with E-state index in [2.05, 4.69) is 5.32 Å². The first kappa shape index (κ1) is 14.0. The van der Waals surface area contributed by atoms with Gasteiger partial charge in [-0.1, -0.05) is 12.1 Å². The normalized spacial score (nSPS) is 9.83. The van der Waals surface area contributed by atoms with Gasteiger partial charge in [-0.15, -0.1) is 0 Å². The second kappa shape index (κ2) is 7.32. The number of nitrogen functional groups attached to an aromatic ring is 1.